The molecular formula is C9H13N3S. The normalized spacial score (nSPS) is 15.5. The number of hydrogen-bond acceptors (Lipinski definition) is 3. The topological polar surface area (TPSA) is 21.1 Å². The molecule has 4 heteroatoms. The SMILES string of the molecule is C1=CN(CCCn2ccnc2)CS1. The minimum atomic E-state index is 1.06. The molecule has 1 aliphatic heterocycles. The summed E-state index contributed by atoms with van der Waals surface area (Å²) >= 11 is 1.86. The van der Waals surface area contributed by atoms with Gasteiger partial charge in [0.2, 0.25) is 0 Å². The van der Waals surface area contributed by atoms with Gasteiger partial charge in [-0.25, -0.2) is 4.98 Å². The van der Waals surface area contributed by atoms with Crippen LogP contribution in [0.25, 0.3) is 0 Å². The number of aryl methyl sites for hydroxylation is 1. The minimum Gasteiger partial charge on any atom is -0.367 e. The fourth-order valence-corrected chi connectivity index (χ4v) is 2.08. The first-order valence-electron chi connectivity index (χ1n) is 4.43. The number of aromatic nitrogens is 2. The van der Waals surface area contributed by atoms with Gasteiger partial charge in [-0.2, -0.15) is 0 Å². The lowest BCUT2D eigenvalue weighted by Gasteiger charge is -2.13. The predicted octanol–water partition coefficient (Wildman–Crippen LogP) is 1.75. The first kappa shape index (κ1) is 8.69. The van der Waals surface area contributed by atoms with Gasteiger partial charge in [0.25, 0.3) is 0 Å². The summed E-state index contributed by atoms with van der Waals surface area (Å²) in [6, 6.07) is 0. The van der Waals surface area contributed by atoms with E-state index in [2.05, 4.69) is 26.1 Å². The van der Waals surface area contributed by atoms with E-state index in [0.29, 0.717) is 0 Å². The molecule has 13 heavy (non-hydrogen) atoms. The second-order valence-electron chi connectivity index (χ2n) is 3.05. The number of hydrogen-bond donors (Lipinski definition) is 0. The van der Waals surface area contributed by atoms with Crippen molar-refractivity contribution in [2.75, 3.05) is 12.4 Å². The van der Waals surface area contributed by atoms with E-state index < -0.39 is 0 Å². The average Bonchev–Trinajstić information content (AvgIpc) is 2.75. The quantitative estimate of drug-likeness (QED) is 0.730. The maximum Gasteiger partial charge on any atom is 0.0945 e. The van der Waals surface area contributed by atoms with E-state index in [1.807, 2.05) is 30.5 Å². The summed E-state index contributed by atoms with van der Waals surface area (Å²) < 4.78 is 2.12. The Kier molecular flexibility index (Phi) is 2.92. The fourth-order valence-electron chi connectivity index (χ4n) is 1.33. The largest absolute Gasteiger partial charge is 0.367 e. The maximum atomic E-state index is 4.00. The van der Waals surface area contributed by atoms with Crippen LogP contribution in [0.3, 0.4) is 0 Å². The molecule has 0 saturated carbocycles. The van der Waals surface area contributed by atoms with Gasteiger partial charge in [0.05, 0.1) is 12.2 Å². The molecule has 0 spiro atoms. The number of rotatable bonds is 4. The standard InChI is InChI=1S/C9H13N3S/c1(3-11-5-2-10-8-11)4-12-6-7-13-9-12/h2,5-8H,1,3-4,9H2. The maximum absolute atomic E-state index is 4.00. The molecule has 0 aromatic carbocycles. The van der Waals surface area contributed by atoms with Crippen molar-refractivity contribution < 1.29 is 0 Å². The summed E-state index contributed by atoms with van der Waals surface area (Å²) in [5.74, 6) is 1.12. The summed E-state index contributed by atoms with van der Waals surface area (Å²) in [5, 5.41) is 2.15. The van der Waals surface area contributed by atoms with E-state index in [4.69, 9.17) is 0 Å². The number of nitrogens with zero attached hydrogens (tertiary/aromatic N) is 3. The van der Waals surface area contributed by atoms with Gasteiger partial charge in [0.1, 0.15) is 0 Å². The monoisotopic (exact) mass is 195 g/mol. The van der Waals surface area contributed by atoms with E-state index in [1.165, 1.54) is 6.42 Å². The van der Waals surface area contributed by atoms with Crippen molar-refractivity contribution >= 4 is 11.8 Å². The highest BCUT2D eigenvalue weighted by Crippen LogP contribution is 2.14. The summed E-state index contributed by atoms with van der Waals surface area (Å²) in [6.07, 6.45) is 9.05. The van der Waals surface area contributed by atoms with E-state index in [1.54, 1.807) is 0 Å². The second-order valence-corrected chi connectivity index (χ2v) is 3.91. The van der Waals surface area contributed by atoms with Crippen LogP contribution in [-0.4, -0.2) is 26.9 Å². The molecule has 0 radical (unpaired) electrons. The molecule has 0 amide bonds. The van der Waals surface area contributed by atoms with Crippen LogP contribution in [0, 0.1) is 0 Å². The zero-order valence-corrected chi connectivity index (χ0v) is 8.28. The van der Waals surface area contributed by atoms with Crippen LogP contribution in [0.1, 0.15) is 6.42 Å². The summed E-state index contributed by atoms with van der Waals surface area (Å²) in [4.78, 5) is 6.34. The van der Waals surface area contributed by atoms with Gasteiger partial charge in [-0.05, 0) is 11.8 Å². The summed E-state index contributed by atoms with van der Waals surface area (Å²) in [5.41, 5.74) is 0. The molecular weight excluding hydrogens is 182 g/mol. The van der Waals surface area contributed by atoms with Gasteiger partial charge >= 0.3 is 0 Å². The lowest BCUT2D eigenvalue weighted by atomic mass is 10.4. The fraction of sp³-hybridized carbons (Fsp3) is 0.444. The first-order chi connectivity index (χ1) is 6.45. The van der Waals surface area contributed by atoms with Crippen molar-refractivity contribution in [3.05, 3.63) is 30.3 Å². The highest BCUT2D eigenvalue weighted by molar-refractivity contribution is 8.02. The molecule has 70 valence electrons. The Morgan fingerprint density at radius 2 is 2.38 bits per heavy atom. The third-order valence-electron chi connectivity index (χ3n) is 2.03. The molecule has 0 bridgehead atoms. The minimum absolute atomic E-state index is 1.06. The Bertz CT molecular complexity index is 268. The molecule has 0 aliphatic carbocycles. The molecule has 1 aromatic rings. The van der Waals surface area contributed by atoms with E-state index >= 15 is 0 Å². The third kappa shape index (κ3) is 2.52. The van der Waals surface area contributed by atoms with Crippen LogP contribution in [0.5, 0.6) is 0 Å². The zero-order chi connectivity index (χ0) is 8.93. The van der Waals surface area contributed by atoms with Crippen molar-refractivity contribution in [2.24, 2.45) is 0 Å². The Labute approximate surface area is 82.4 Å². The predicted molar refractivity (Wildman–Crippen MR) is 55.1 cm³/mol. The van der Waals surface area contributed by atoms with Crippen molar-refractivity contribution in [3.63, 3.8) is 0 Å². The van der Waals surface area contributed by atoms with Crippen molar-refractivity contribution in [1.29, 1.82) is 0 Å². The number of imidazole rings is 1. The molecule has 1 aromatic heterocycles. The summed E-state index contributed by atoms with van der Waals surface area (Å²) in [7, 11) is 0. The highest BCUT2D eigenvalue weighted by Gasteiger charge is 2.03. The lowest BCUT2D eigenvalue weighted by Crippen LogP contribution is -2.16. The van der Waals surface area contributed by atoms with Crippen LogP contribution >= 0.6 is 11.8 Å². The van der Waals surface area contributed by atoms with Crippen LogP contribution in [-0.2, 0) is 6.54 Å². The van der Waals surface area contributed by atoms with Crippen molar-refractivity contribution in [2.45, 2.75) is 13.0 Å². The Hall–Kier alpha value is -0.900. The van der Waals surface area contributed by atoms with Crippen molar-refractivity contribution in [1.82, 2.24) is 14.5 Å². The average molecular weight is 195 g/mol. The first-order valence-corrected chi connectivity index (χ1v) is 5.48. The molecule has 3 nitrogen and oxygen atoms in total. The Morgan fingerprint density at radius 3 is 3.08 bits per heavy atom. The van der Waals surface area contributed by atoms with Gasteiger partial charge in [-0.1, -0.05) is 0 Å². The number of thioether (sulfide) groups is 1. The van der Waals surface area contributed by atoms with E-state index in [9.17, 15) is 0 Å². The molecule has 0 N–H and O–H groups in total. The van der Waals surface area contributed by atoms with Gasteiger partial charge in [0, 0.05) is 31.7 Å². The highest BCUT2D eigenvalue weighted by atomic mass is 32.2. The summed E-state index contributed by atoms with van der Waals surface area (Å²) in [6.45, 7) is 2.21. The zero-order valence-electron chi connectivity index (χ0n) is 7.47. The van der Waals surface area contributed by atoms with Gasteiger partial charge in [0.15, 0.2) is 0 Å². The molecule has 0 saturated heterocycles. The molecule has 0 unspecified atom stereocenters. The Morgan fingerprint density at radius 1 is 1.38 bits per heavy atom. The molecule has 0 atom stereocenters. The Balaban J connectivity index is 1.66. The van der Waals surface area contributed by atoms with Gasteiger partial charge < -0.3 is 9.47 Å². The van der Waals surface area contributed by atoms with Gasteiger partial charge in [-0.3, -0.25) is 0 Å². The van der Waals surface area contributed by atoms with Crippen LogP contribution in [0.4, 0.5) is 0 Å². The third-order valence-corrected chi connectivity index (χ3v) is 2.82. The molecule has 2 heterocycles. The lowest BCUT2D eigenvalue weighted by molar-refractivity contribution is 0.418. The molecule has 2 rings (SSSR count). The molecule has 1 aliphatic rings. The second kappa shape index (κ2) is 4.37. The van der Waals surface area contributed by atoms with Crippen LogP contribution in [0.2, 0.25) is 0 Å². The molecule has 0 fully saturated rings. The van der Waals surface area contributed by atoms with E-state index in [0.717, 1.165) is 19.0 Å². The van der Waals surface area contributed by atoms with Crippen molar-refractivity contribution in [3.8, 4) is 0 Å². The van der Waals surface area contributed by atoms with E-state index in [-0.39, 0.29) is 0 Å². The smallest absolute Gasteiger partial charge is 0.0945 e. The van der Waals surface area contributed by atoms with Crippen LogP contribution in [0.15, 0.2) is 30.3 Å². The van der Waals surface area contributed by atoms with Gasteiger partial charge in [-0.15, -0.1) is 11.8 Å². The van der Waals surface area contributed by atoms with Crippen LogP contribution < -0.4 is 0 Å².